The van der Waals surface area contributed by atoms with Crippen molar-refractivity contribution < 1.29 is 36.7 Å². The lowest BCUT2D eigenvalue weighted by Gasteiger charge is -2.41. The zero-order valence-corrected chi connectivity index (χ0v) is 18.1. The summed E-state index contributed by atoms with van der Waals surface area (Å²) in [5, 5.41) is 0. The molecule has 1 atom stereocenters. The van der Waals surface area contributed by atoms with Crippen LogP contribution in [-0.2, 0) is 33.8 Å². The maximum absolute atomic E-state index is 14.3. The molecule has 1 unspecified atom stereocenters. The summed E-state index contributed by atoms with van der Waals surface area (Å²) in [5.41, 5.74) is 2.10. The van der Waals surface area contributed by atoms with Crippen LogP contribution in [0.25, 0.3) is 0 Å². The number of alkyl halides is 3. The third kappa shape index (κ3) is 5.05. The molecule has 0 N–H and O–H groups in total. The minimum Gasteiger partial charge on any atom is -0.454 e. The fourth-order valence-electron chi connectivity index (χ4n) is 4.42. The van der Waals surface area contributed by atoms with E-state index < -0.39 is 36.0 Å². The summed E-state index contributed by atoms with van der Waals surface area (Å²) in [6, 6.07) is 11.2. The number of halogens is 4. The maximum atomic E-state index is 14.3. The van der Waals surface area contributed by atoms with Gasteiger partial charge in [0.1, 0.15) is 19.0 Å². The molecule has 10 heteroatoms. The quantitative estimate of drug-likeness (QED) is 0.500. The summed E-state index contributed by atoms with van der Waals surface area (Å²) in [6.45, 7) is -0.476. The standard InChI is InChI=1S/C24H22F4N2O4/c25-20-8-5-15(14-34-23(33)24(26,27)28)11-19(20)22(32)29-9-10-30(21(31)13-29)18-7-6-16-3-1-2-4-17(16)12-18/h1-5,8,11,18H,6-7,9-10,12-14H2. The molecule has 1 heterocycles. The Labute approximate surface area is 193 Å². The molecule has 2 aliphatic rings. The van der Waals surface area contributed by atoms with E-state index in [1.807, 2.05) is 18.2 Å². The highest BCUT2D eigenvalue weighted by Crippen LogP contribution is 2.26. The largest absolute Gasteiger partial charge is 0.490 e. The number of amides is 2. The number of nitrogens with zero attached hydrogens (tertiary/aromatic N) is 2. The van der Waals surface area contributed by atoms with Gasteiger partial charge in [-0.2, -0.15) is 13.2 Å². The third-order valence-corrected chi connectivity index (χ3v) is 6.17. The fourth-order valence-corrected chi connectivity index (χ4v) is 4.42. The van der Waals surface area contributed by atoms with Crippen molar-refractivity contribution in [2.45, 2.75) is 38.1 Å². The van der Waals surface area contributed by atoms with Crippen molar-refractivity contribution in [3.8, 4) is 0 Å². The summed E-state index contributed by atoms with van der Waals surface area (Å²) in [4.78, 5) is 39.6. The Bertz CT molecular complexity index is 1120. The lowest BCUT2D eigenvalue weighted by molar-refractivity contribution is -0.201. The molecule has 1 saturated heterocycles. The average Bonchev–Trinajstić information content (AvgIpc) is 2.82. The van der Waals surface area contributed by atoms with E-state index in [1.165, 1.54) is 16.0 Å². The summed E-state index contributed by atoms with van der Waals surface area (Å²) < 4.78 is 55.4. The number of hydrogen-bond donors (Lipinski definition) is 0. The van der Waals surface area contributed by atoms with E-state index in [9.17, 15) is 31.9 Å². The zero-order chi connectivity index (χ0) is 24.5. The predicted molar refractivity (Wildman–Crippen MR) is 112 cm³/mol. The van der Waals surface area contributed by atoms with Crippen LogP contribution in [0.1, 0.15) is 33.5 Å². The number of ether oxygens (including phenoxy) is 1. The van der Waals surface area contributed by atoms with Crippen molar-refractivity contribution in [2.75, 3.05) is 19.6 Å². The number of benzene rings is 2. The van der Waals surface area contributed by atoms with Crippen LogP contribution in [-0.4, -0.2) is 59.4 Å². The van der Waals surface area contributed by atoms with Crippen molar-refractivity contribution in [1.29, 1.82) is 0 Å². The Morgan fingerprint density at radius 3 is 2.50 bits per heavy atom. The number of carbonyl (C=O) groups excluding carboxylic acids is 3. The van der Waals surface area contributed by atoms with Gasteiger partial charge in [-0.05, 0) is 48.1 Å². The van der Waals surface area contributed by atoms with E-state index in [0.29, 0.717) is 6.54 Å². The first-order valence-corrected chi connectivity index (χ1v) is 10.8. The third-order valence-electron chi connectivity index (χ3n) is 6.17. The molecule has 0 aromatic heterocycles. The highest BCUT2D eigenvalue weighted by atomic mass is 19.4. The molecule has 2 aromatic rings. The number of carbonyl (C=O) groups is 3. The van der Waals surface area contributed by atoms with Gasteiger partial charge in [0.15, 0.2) is 0 Å². The van der Waals surface area contributed by atoms with Gasteiger partial charge in [-0.1, -0.05) is 30.3 Å². The van der Waals surface area contributed by atoms with Crippen molar-refractivity contribution >= 4 is 17.8 Å². The van der Waals surface area contributed by atoms with Crippen LogP contribution in [0, 0.1) is 5.82 Å². The molecular weight excluding hydrogens is 456 g/mol. The van der Waals surface area contributed by atoms with E-state index in [-0.39, 0.29) is 30.6 Å². The molecule has 2 amide bonds. The molecular formula is C24H22F4N2O4. The van der Waals surface area contributed by atoms with Gasteiger partial charge in [-0.3, -0.25) is 9.59 Å². The number of piperazine rings is 1. The lowest BCUT2D eigenvalue weighted by atomic mass is 9.87. The number of aryl methyl sites for hydroxylation is 1. The van der Waals surface area contributed by atoms with Gasteiger partial charge in [-0.15, -0.1) is 0 Å². The number of esters is 1. The van der Waals surface area contributed by atoms with Crippen LogP contribution in [0.5, 0.6) is 0 Å². The summed E-state index contributed by atoms with van der Waals surface area (Å²) in [5.74, 6) is -4.24. The molecule has 6 nitrogen and oxygen atoms in total. The Morgan fingerprint density at radius 1 is 1.06 bits per heavy atom. The van der Waals surface area contributed by atoms with Crippen LogP contribution in [0.15, 0.2) is 42.5 Å². The molecule has 1 fully saturated rings. The fraction of sp³-hybridized carbons (Fsp3) is 0.375. The highest BCUT2D eigenvalue weighted by Gasteiger charge is 2.41. The van der Waals surface area contributed by atoms with Crippen molar-refractivity contribution in [3.05, 3.63) is 70.5 Å². The van der Waals surface area contributed by atoms with Gasteiger partial charge >= 0.3 is 12.1 Å². The van der Waals surface area contributed by atoms with Crippen LogP contribution in [0.4, 0.5) is 17.6 Å². The number of rotatable bonds is 4. The average molecular weight is 478 g/mol. The molecule has 0 spiro atoms. The summed E-state index contributed by atoms with van der Waals surface area (Å²) >= 11 is 0. The highest BCUT2D eigenvalue weighted by molar-refractivity contribution is 5.97. The second-order valence-corrected chi connectivity index (χ2v) is 8.37. The molecule has 180 valence electrons. The van der Waals surface area contributed by atoms with Gasteiger partial charge < -0.3 is 14.5 Å². The molecule has 4 rings (SSSR count). The molecule has 2 aromatic carbocycles. The van der Waals surface area contributed by atoms with Crippen LogP contribution >= 0.6 is 0 Å². The second kappa shape index (κ2) is 9.44. The van der Waals surface area contributed by atoms with Crippen LogP contribution in [0.2, 0.25) is 0 Å². The first-order valence-electron chi connectivity index (χ1n) is 10.8. The van der Waals surface area contributed by atoms with Gasteiger partial charge in [0.2, 0.25) is 5.91 Å². The molecule has 0 saturated carbocycles. The van der Waals surface area contributed by atoms with Crippen molar-refractivity contribution in [2.24, 2.45) is 0 Å². The normalized spacial score (nSPS) is 18.5. The van der Waals surface area contributed by atoms with Gasteiger partial charge in [0, 0.05) is 19.1 Å². The number of fused-ring (bicyclic) bond motifs is 1. The second-order valence-electron chi connectivity index (χ2n) is 8.37. The smallest absolute Gasteiger partial charge is 0.454 e. The molecule has 0 radical (unpaired) electrons. The zero-order valence-electron chi connectivity index (χ0n) is 18.1. The SMILES string of the molecule is O=C(c1cc(COC(=O)C(F)(F)F)ccc1F)N1CCN(C2CCc3ccccc3C2)C(=O)C1. The Kier molecular flexibility index (Phi) is 6.58. The predicted octanol–water partition coefficient (Wildman–Crippen LogP) is 3.27. The minimum absolute atomic E-state index is 0.0215. The van der Waals surface area contributed by atoms with Gasteiger partial charge in [0.25, 0.3) is 5.91 Å². The molecule has 1 aliphatic heterocycles. The molecule has 34 heavy (non-hydrogen) atoms. The number of hydrogen-bond acceptors (Lipinski definition) is 4. The molecule has 1 aliphatic carbocycles. The van der Waals surface area contributed by atoms with Crippen molar-refractivity contribution in [1.82, 2.24) is 9.80 Å². The summed E-state index contributed by atoms with van der Waals surface area (Å²) in [7, 11) is 0. The van der Waals surface area contributed by atoms with Gasteiger partial charge in [0.05, 0.1) is 5.56 Å². The van der Waals surface area contributed by atoms with Crippen LogP contribution < -0.4 is 0 Å². The Morgan fingerprint density at radius 2 is 1.79 bits per heavy atom. The van der Waals surface area contributed by atoms with Crippen LogP contribution in [0.3, 0.4) is 0 Å². The maximum Gasteiger partial charge on any atom is 0.490 e. The first kappa shape index (κ1) is 23.7. The van der Waals surface area contributed by atoms with E-state index >= 15 is 0 Å². The lowest BCUT2D eigenvalue weighted by Crippen LogP contribution is -2.56. The Balaban J connectivity index is 1.40. The van der Waals surface area contributed by atoms with E-state index in [1.54, 1.807) is 4.90 Å². The monoisotopic (exact) mass is 478 g/mol. The first-order chi connectivity index (χ1) is 16.1. The van der Waals surface area contributed by atoms with E-state index in [2.05, 4.69) is 10.8 Å². The van der Waals surface area contributed by atoms with E-state index in [0.717, 1.165) is 37.5 Å². The topological polar surface area (TPSA) is 66.9 Å². The summed E-state index contributed by atoms with van der Waals surface area (Å²) in [6.07, 6.45) is -2.73. The molecule has 0 bridgehead atoms. The van der Waals surface area contributed by atoms with Crippen molar-refractivity contribution in [3.63, 3.8) is 0 Å². The Hall–Kier alpha value is -3.43. The van der Waals surface area contributed by atoms with Gasteiger partial charge in [-0.25, -0.2) is 9.18 Å². The van der Waals surface area contributed by atoms with E-state index in [4.69, 9.17) is 0 Å². The minimum atomic E-state index is -5.15.